The van der Waals surface area contributed by atoms with Crippen LogP contribution < -0.4 is 0 Å². The van der Waals surface area contributed by atoms with E-state index in [-0.39, 0.29) is 18.7 Å². The molecular weight excluding hydrogens is 274 g/mol. The van der Waals surface area contributed by atoms with Crippen LogP contribution in [0.1, 0.15) is 33.6 Å². The van der Waals surface area contributed by atoms with Gasteiger partial charge in [-0.3, -0.25) is 0 Å². The molecule has 1 fully saturated rings. The van der Waals surface area contributed by atoms with E-state index in [0.717, 1.165) is 12.8 Å². The van der Waals surface area contributed by atoms with E-state index >= 15 is 0 Å². The summed E-state index contributed by atoms with van der Waals surface area (Å²) in [6.45, 7) is 6.28. The Morgan fingerprint density at radius 1 is 1.33 bits per heavy atom. The molecule has 0 N–H and O–H groups in total. The van der Waals surface area contributed by atoms with Gasteiger partial charge in [0.25, 0.3) is 0 Å². The molecule has 0 bridgehead atoms. The van der Waals surface area contributed by atoms with Crippen molar-refractivity contribution in [2.24, 2.45) is 0 Å². The molecule has 1 aromatic rings. The average molecular weight is 295 g/mol. The lowest BCUT2D eigenvalue weighted by Gasteiger charge is -2.28. The Balaban J connectivity index is 1.87. The number of aromatic nitrogens is 2. The molecule has 1 aliphatic heterocycles. The molecule has 0 aliphatic carbocycles. The lowest BCUT2D eigenvalue weighted by molar-refractivity contribution is 0.0160. The Labute approximate surface area is 123 Å². The monoisotopic (exact) mass is 295 g/mol. The summed E-state index contributed by atoms with van der Waals surface area (Å²) < 4.78 is 11.8. The molecule has 1 amide bonds. The molecule has 2 rings (SSSR count). The number of hydrogen-bond acceptors (Lipinski definition) is 5. The fourth-order valence-electron chi connectivity index (χ4n) is 2.18. The second-order valence-corrected chi connectivity index (χ2v) is 6.02. The normalized spacial score (nSPS) is 18.6. The van der Waals surface area contributed by atoms with Crippen LogP contribution in [-0.4, -0.2) is 51.4 Å². The summed E-state index contributed by atoms with van der Waals surface area (Å²) in [6, 6.07) is -0.132. The maximum atomic E-state index is 12.1. The van der Waals surface area contributed by atoms with Crippen LogP contribution in [0.2, 0.25) is 0 Å². The van der Waals surface area contributed by atoms with Crippen LogP contribution in [0.3, 0.4) is 0 Å². The number of ether oxygens (including phenoxy) is 2. The van der Waals surface area contributed by atoms with E-state index in [2.05, 4.69) is 4.98 Å². The van der Waals surface area contributed by atoms with Gasteiger partial charge >= 0.3 is 12.2 Å². The van der Waals surface area contributed by atoms with Gasteiger partial charge in [0.15, 0.2) is 0 Å². The van der Waals surface area contributed by atoms with Gasteiger partial charge in [0.05, 0.1) is 6.04 Å². The molecule has 1 saturated heterocycles. The zero-order valence-electron chi connectivity index (χ0n) is 12.6. The van der Waals surface area contributed by atoms with E-state index in [1.807, 2.05) is 20.8 Å². The molecule has 1 aliphatic rings. The first-order valence-electron chi connectivity index (χ1n) is 7.01. The number of nitrogens with zero attached hydrogens (tertiary/aromatic N) is 3. The standard InChI is InChI=1S/C14H21N3O4/c1-14(2,3)21-13(19)17-7-4-5-11(17)9-20-12(18)16-8-6-15-10-16/h6,8,10-11H,4-5,7,9H2,1-3H3/t11-/m1/s1. The summed E-state index contributed by atoms with van der Waals surface area (Å²) in [5.74, 6) is 0. The zero-order chi connectivity index (χ0) is 15.5. The highest BCUT2D eigenvalue weighted by Gasteiger charge is 2.33. The van der Waals surface area contributed by atoms with Gasteiger partial charge in [0, 0.05) is 18.9 Å². The first-order valence-corrected chi connectivity index (χ1v) is 7.01. The van der Waals surface area contributed by atoms with Crippen LogP contribution in [0.25, 0.3) is 0 Å². The third-order valence-corrected chi connectivity index (χ3v) is 3.12. The van der Waals surface area contributed by atoms with Crippen molar-refractivity contribution in [3.8, 4) is 0 Å². The molecular formula is C14H21N3O4. The third kappa shape index (κ3) is 4.21. The van der Waals surface area contributed by atoms with Crippen LogP contribution in [-0.2, 0) is 9.47 Å². The quantitative estimate of drug-likeness (QED) is 0.836. The molecule has 7 nitrogen and oxygen atoms in total. The molecule has 116 valence electrons. The van der Waals surface area contributed by atoms with Gasteiger partial charge in [-0.05, 0) is 33.6 Å². The topological polar surface area (TPSA) is 73.7 Å². The van der Waals surface area contributed by atoms with Gasteiger partial charge in [-0.2, -0.15) is 0 Å². The molecule has 1 aromatic heterocycles. The largest absolute Gasteiger partial charge is 0.447 e. The van der Waals surface area contributed by atoms with Crippen LogP contribution in [0, 0.1) is 0 Å². The average Bonchev–Trinajstić information content (AvgIpc) is 3.04. The number of hydrogen-bond donors (Lipinski definition) is 0. The lowest BCUT2D eigenvalue weighted by Crippen LogP contribution is -2.42. The second kappa shape index (κ2) is 6.15. The molecule has 0 unspecified atom stereocenters. The number of carbonyl (C=O) groups is 2. The van der Waals surface area contributed by atoms with E-state index in [4.69, 9.17) is 9.47 Å². The second-order valence-electron chi connectivity index (χ2n) is 6.02. The van der Waals surface area contributed by atoms with E-state index in [1.54, 1.807) is 4.90 Å². The summed E-state index contributed by atoms with van der Waals surface area (Å²) in [4.78, 5) is 29.2. The number of carbonyl (C=O) groups excluding carboxylic acids is 2. The van der Waals surface area contributed by atoms with Crippen molar-refractivity contribution >= 4 is 12.2 Å². The fraction of sp³-hybridized carbons (Fsp3) is 0.643. The van der Waals surface area contributed by atoms with Crippen molar-refractivity contribution in [2.45, 2.75) is 45.3 Å². The Morgan fingerprint density at radius 2 is 2.10 bits per heavy atom. The molecule has 0 radical (unpaired) electrons. The summed E-state index contributed by atoms with van der Waals surface area (Å²) in [6.07, 6.45) is 5.23. The maximum absolute atomic E-state index is 12.1. The fourth-order valence-corrected chi connectivity index (χ4v) is 2.18. The summed E-state index contributed by atoms with van der Waals surface area (Å²) in [5, 5.41) is 0. The highest BCUT2D eigenvalue weighted by atomic mass is 16.6. The van der Waals surface area contributed by atoms with E-state index < -0.39 is 11.7 Å². The Bertz CT molecular complexity index is 493. The molecule has 0 spiro atoms. The highest BCUT2D eigenvalue weighted by molar-refractivity contribution is 5.70. The minimum Gasteiger partial charge on any atom is -0.447 e. The maximum Gasteiger partial charge on any atom is 0.419 e. The van der Waals surface area contributed by atoms with Gasteiger partial charge in [0.2, 0.25) is 0 Å². The Morgan fingerprint density at radius 3 is 2.71 bits per heavy atom. The first kappa shape index (κ1) is 15.3. The van der Waals surface area contributed by atoms with Crippen molar-refractivity contribution in [1.29, 1.82) is 0 Å². The molecule has 7 heteroatoms. The predicted molar refractivity (Wildman–Crippen MR) is 74.9 cm³/mol. The van der Waals surface area contributed by atoms with Gasteiger partial charge < -0.3 is 14.4 Å². The van der Waals surface area contributed by atoms with Gasteiger partial charge in [-0.25, -0.2) is 19.1 Å². The number of imidazole rings is 1. The van der Waals surface area contributed by atoms with Crippen molar-refractivity contribution in [3.05, 3.63) is 18.7 Å². The predicted octanol–water partition coefficient (Wildman–Crippen LogP) is 2.27. The van der Waals surface area contributed by atoms with Crippen molar-refractivity contribution in [3.63, 3.8) is 0 Å². The molecule has 0 saturated carbocycles. The smallest absolute Gasteiger partial charge is 0.419 e. The minimum atomic E-state index is -0.530. The summed E-state index contributed by atoms with van der Waals surface area (Å²) in [7, 11) is 0. The third-order valence-electron chi connectivity index (χ3n) is 3.12. The van der Waals surface area contributed by atoms with E-state index in [1.165, 1.54) is 23.3 Å². The molecule has 1 atom stereocenters. The number of rotatable bonds is 2. The zero-order valence-corrected chi connectivity index (χ0v) is 12.6. The lowest BCUT2D eigenvalue weighted by atomic mass is 10.2. The Kier molecular flexibility index (Phi) is 4.50. The summed E-state index contributed by atoms with van der Waals surface area (Å²) in [5.41, 5.74) is -0.530. The number of amides is 1. The molecule has 2 heterocycles. The molecule has 0 aromatic carbocycles. The molecule has 21 heavy (non-hydrogen) atoms. The van der Waals surface area contributed by atoms with Crippen molar-refractivity contribution in [2.75, 3.05) is 13.2 Å². The minimum absolute atomic E-state index is 0.132. The van der Waals surface area contributed by atoms with Gasteiger partial charge in [-0.1, -0.05) is 0 Å². The van der Waals surface area contributed by atoms with Gasteiger partial charge in [0.1, 0.15) is 18.5 Å². The van der Waals surface area contributed by atoms with E-state index in [9.17, 15) is 9.59 Å². The van der Waals surface area contributed by atoms with Crippen LogP contribution in [0.4, 0.5) is 9.59 Å². The summed E-state index contributed by atoms with van der Waals surface area (Å²) >= 11 is 0. The van der Waals surface area contributed by atoms with E-state index in [0.29, 0.717) is 6.54 Å². The van der Waals surface area contributed by atoms with Gasteiger partial charge in [-0.15, -0.1) is 0 Å². The highest BCUT2D eigenvalue weighted by Crippen LogP contribution is 2.21. The van der Waals surface area contributed by atoms with Crippen molar-refractivity contribution < 1.29 is 19.1 Å². The SMILES string of the molecule is CC(C)(C)OC(=O)N1CCC[C@@H]1COC(=O)n1ccnc1. The van der Waals surface area contributed by atoms with Crippen LogP contribution >= 0.6 is 0 Å². The van der Waals surface area contributed by atoms with Crippen molar-refractivity contribution in [1.82, 2.24) is 14.5 Å². The van der Waals surface area contributed by atoms with Crippen LogP contribution in [0.15, 0.2) is 18.7 Å². The number of likely N-dealkylation sites (tertiary alicyclic amines) is 1. The van der Waals surface area contributed by atoms with Crippen LogP contribution in [0.5, 0.6) is 0 Å². The first-order chi connectivity index (χ1) is 9.87. The Hall–Kier alpha value is -2.05.